The molecule has 0 fully saturated rings. The van der Waals surface area contributed by atoms with E-state index in [-0.39, 0.29) is 5.97 Å². The SMILES string of the molecule is CCc1nn(C)c(CC)c1CC(=O)OC. The standard InChI is InChI=1S/C11H18N2O2/c1-5-9-8(7-11(14)15-4)10(6-2)13(3)12-9/h5-7H2,1-4H3. The minimum atomic E-state index is -0.201. The molecule has 4 nitrogen and oxygen atoms in total. The van der Waals surface area contributed by atoms with Crippen LogP contribution in [0.5, 0.6) is 0 Å². The molecule has 1 aromatic heterocycles. The Morgan fingerprint density at radius 2 is 2.07 bits per heavy atom. The number of carbonyl (C=O) groups excluding carboxylic acids is 1. The molecule has 15 heavy (non-hydrogen) atoms. The van der Waals surface area contributed by atoms with E-state index in [9.17, 15) is 4.79 Å². The molecule has 1 heterocycles. The van der Waals surface area contributed by atoms with Crippen molar-refractivity contribution in [2.24, 2.45) is 7.05 Å². The quantitative estimate of drug-likeness (QED) is 0.703. The second-order valence-corrected chi connectivity index (χ2v) is 3.46. The predicted molar refractivity (Wildman–Crippen MR) is 57.7 cm³/mol. The fraction of sp³-hybridized carbons (Fsp3) is 0.636. The van der Waals surface area contributed by atoms with Gasteiger partial charge in [0, 0.05) is 18.3 Å². The topological polar surface area (TPSA) is 44.1 Å². The number of hydrogen-bond acceptors (Lipinski definition) is 3. The molecule has 0 aliphatic rings. The van der Waals surface area contributed by atoms with Crippen molar-refractivity contribution in [2.75, 3.05) is 7.11 Å². The molecule has 0 N–H and O–H groups in total. The molecule has 0 aromatic carbocycles. The lowest BCUT2D eigenvalue weighted by Gasteiger charge is -2.03. The third-order valence-corrected chi connectivity index (χ3v) is 2.58. The van der Waals surface area contributed by atoms with Gasteiger partial charge in [-0.05, 0) is 12.8 Å². The van der Waals surface area contributed by atoms with E-state index >= 15 is 0 Å². The van der Waals surface area contributed by atoms with Crippen LogP contribution in [0.3, 0.4) is 0 Å². The third kappa shape index (κ3) is 2.37. The molecule has 1 aromatic rings. The van der Waals surface area contributed by atoms with E-state index in [1.54, 1.807) is 0 Å². The Morgan fingerprint density at radius 1 is 1.40 bits per heavy atom. The van der Waals surface area contributed by atoms with Crippen LogP contribution in [0.25, 0.3) is 0 Å². The first-order valence-corrected chi connectivity index (χ1v) is 5.24. The van der Waals surface area contributed by atoms with Crippen molar-refractivity contribution in [3.8, 4) is 0 Å². The number of aromatic nitrogens is 2. The van der Waals surface area contributed by atoms with Crippen LogP contribution in [0.15, 0.2) is 0 Å². The van der Waals surface area contributed by atoms with Crippen molar-refractivity contribution >= 4 is 5.97 Å². The summed E-state index contributed by atoms with van der Waals surface area (Å²) in [5, 5.41) is 4.40. The number of hydrogen-bond donors (Lipinski definition) is 0. The van der Waals surface area contributed by atoms with Gasteiger partial charge in [0.1, 0.15) is 0 Å². The number of aryl methyl sites for hydroxylation is 2. The highest BCUT2D eigenvalue weighted by Crippen LogP contribution is 2.16. The second-order valence-electron chi connectivity index (χ2n) is 3.46. The number of rotatable bonds is 4. The van der Waals surface area contributed by atoms with Crippen LogP contribution in [0.4, 0.5) is 0 Å². The van der Waals surface area contributed by atoms with Gasteiger partial charge in [0.15, 0.2) is 0 Å². The lowest BCUT2D eigenvalue weighted by molar-refractivity contribution is -0.139. The molecule has 4 heteroatoms. The summed E-state index contributed by atoms with van der Waals surface area (Å²) in [6, 6.07) is 0. The lowest BCUT2D eigenvalue weighted by Crippen LogP contribution is -2.08. The molecule has 0 unspecified atom stereocenters. The monoisotopic (exact) mass is 210 g/mol. The van der Waals surface area contributed by atoms with E-state index in [0.717, 1.165) is 29.8 Å². The summed E-state index contributed by atoms with van der Waals surface area (Å²) in [6.45, 7) is 4.11. The molecule has 0 saturated heterocycles. The highest BCUT2D eigenvalue weighted by atomic mass is 16.5. The fourth-order valence-electron chi connectivity index (χ4n) is 1.81. The van der Waals surface area contributed by atoms with Crippen molar-refractivity contribution in [1.29, 1.82) is 0 Å². The first kappa shape index (κ1) is 11.8. The van der Waals surface area contributed by atoms with Gasteiger partial charge in [0.2, 0.25) is 0 Å². The summed E-state index contributed by atoms with van der Waals surface area (Å²) in [5.74, 6) is -0.201. The average molecular weight is 210 g/mol. The summed E-state index contributed by atoms with van der Waals surface area (Å²) in [6.07, 6.45) is 2.06. The number of methoxy groups -OCH3 is 1. The van der Waals surface area contributed by atoms with Gasteiger partial charge in [-0.15, -0.1) is 0 Å². The van der Waals surface area contributed by atoms with Gasteiger partial charge < -0.3 is 4.74 Å². The number of carbonyl (C=O) groups is 1. The molecule has 0 spiro atoms. The molecule has 1 rings (SSSR count). The predicted octanol–water partition coefficient (Wildman–Crippen LogP) is 1.26. The highest BCUT2D eigenvalue weighted by Gasteiger charge is 2.16. The zero-order chi connectivity index (χ0) is 11.4. The van der Waals surface area contributed by atoms with E-state index in [2.05, 4.69) is 16.8 Å². The third-order valence-electron chi connectivity index (χ3n) is 2.58. The average Bonchev–Trinajstić information content (AvgIpc) is 2.54. The normalized spacial score (nSPS) is 10.4. The van der Waals surface area contributed by atoms with Crippen molar-refractivity contribution in [3.63, 3.8) is 0 Å². The molecule has 84 valence electrons. The van der Waals surface area contributed by atoms with Crippen molar-refractivity contribution < 1.29 is 9.53 Å². The Labute approximate surface area is 90.2 Å². The Kier molecular flexibility index (Phi) is 3.88. The molecule has 0 amide bonds. The maximum absolute atomic E-state index is 11.3. The summed E-state index contributed by atoms with van der Waals surface area (Å²) in [7, 11) is 3.33. The van der Waals surface area contributed by atoms with Crippen LogP contribution in [-0.4, -0.2) is 22.9 Å². The van der Waals surface area contributed by atoms with E-state index < -0.39 is 0 Å². The largest absolute Gasteiger partial charge is 0.469 e. The smallest absolute Gasteiger partial charge is 0.310 e. The van der Waals surface area contributed by atoms with Crippen molar-refractivity contribution in [1.82, 2.24) is 9.78 Å². The Balaban J connectivity index is 3.06. The molecule has 0 bridgehead atoms. The molecule has 0 saturated carbocycles. The Bertz CT molecular complexity index is 356. The van der Waals surface area contributed by atoms with Crippen LogP contribution in [0, 0.1) is 0 Å². The van der Waals surface area contributed by atoms with Gasteiger partial charge in [-0.25, -0.2) is 0 Å². The summed E-state index contributed by atoms with van der Waals surface area (Å²) in [5.41, 5.74) is 3.16. The minimum Gasteiger partial charge on any atom is -0.469 e. The highest BCUT2D eigenvalue weighted by molar-refractivity contribution is 5.73. The molecular formula is C11H18N2O2. The lowest BCUT2D eigenvalue weighted by atomic mass is 10.1. The van der Waals surface area contributed by atoms with Crippen LogP contribution >= 0.6 is 0 Å². The first-order chi connectivity index (χ1) is 7.13. The van der Waals surface area contributed by atoms with Gasteiger partial charge in [0.25, 0.3) is 0 Å². The van der Waals surface area contributed by atoms with E-state index in [1.165, 1.54) is 7.11 Å². The Hall–Kier alpha value is -1.32. The number of nitrogens with zero attached hydrogens (tertiary/aromatic N) is 2. The number of esters is 1. The summed E-state index contributed by atoms with van der Waals surface area (Å²) < 4.78 is 6.54. The zero-order valence-corrected chi connectivity index (χ0v) is 9.83. The van der Waals surface area contributed by atoms with Gasteiger partial charge in [0.05, 0.1) is 19.2 Å². The van der Waals surface area contributed by atoms with Gasteiger partial charge in [-0.1, -0.05) is 13.8 Å². The Morgan fingerprint density at radius 3 is 2.53 bits per heavy atom. The maximum Gasteiger partial charge on any atom is 0.310 e. The van der Waals surface area contributed by atoms with Crippen LogP contribution in [0.1, 0.15) is 30.8 Å². The molecule has 0 aliphatic carbocycles. The summed E-state index contributed by atoms with van der Waals surface area (Å²) >= 11 is 0. The zero-order valence-electron chi connectivity index (χ0n) is 9.83. The van der Waals surface area contributed by atoms with Crippen molar-refractivity contribution in [3.05, 3.63) is 17.0 Å². The van der Waals surface area contributed by atoms with E-state index in [1.807, 2.05) is 18.7 Å². The van der Waals surface area contributed by atoms with Gasteiger partial charge in [-0.2, -0.15) is 5.10 Å². The number of ether oxygens (including phenoxy) is 1. The second kappa shape index (κ2) is 4.96. The van der Waals surface area contributed by atoms with Crippen LogP contribution < -0.4 is 0 Å². The molecule has 0 radical (unpaired) electrons. The maximum atomic E-state index is 11.3. The molecular weight excluding hydrogens is 192 g/mol. The van der Waals surface area contributed by atoms with E-state index in [0.29, 0.717) is 6.42 Å². The molecule has 0 atom stereocenters. The first-order valence-electron chi connectivity index (χ1n) is 5.24. The van der Waals surface area contributed by atoms with E-state index in [4.69, 9.17) is 0 Å². The van der Waals surface area contributed by atoms with Crippen LogP contribution in [-0.2, 0) is 35.8 Å². The minimum absolute atomic E-state index is 0.201. The van der Waals surface area contributed by atoms with Crippen molar-refractivity contribution in [2.45, 2.75) is 33.1 Å². The van der Waals surface area contributed by atoms with Crippen LogP contribution in [0.2, 0.25) is 0 Å². The van der Waals surface area contributed by atoms with Gasteiger partial charge in [-0.3, -0.25) is 9.48 Å². The summed E-state index contributed by atoms with van der Waals surface area (Å²) in [4.78, 5) is 11.3. The fourth-order valence-corrected chi connectivity index (χ4v) is 1.81. The molecule has 0 aliphatic heterocycles. The van der Waals surface area contributed by atoms with Gasteiger partial charge >= 0.3 is 5.97 Å².